The molecule has 1 amide bonds. The first kappa shape index (κ1) is 16.8. The summed E-state index contributed by atoms with van der Waals surface area (Å²) in [6.07, 6.45) is 6.53. The lowest BCUT2D eigenvalue weighted by Gasteiger charge is -2.33. The highest BCUT2D eigenvalue weighted by Gasteiger charge is 2.38. The summed E-state index contributed by atoms with van der Waals surface area (Å²) in [5, 5.41) is 0. The van der Waals surface area contributed by atoms with Crippen LogP contribution < -0.4 is 0 Å². The van der Waals surface area contributed by atoms with Crippen LogP contribution in [0.3, 0.4) is 0 Å². The van der Waals surface area contributed by atoms with Gasteiger partial charge in [-0.3, -0.25) is 14.5 Å². The van der Waals surface area contributed by atoms with Gasteiger partial charge >= 0.3 is 0 Å². The molecule has 5 nitrogen and oxygen atoms in total. The van der Waals surface area contributed by atoms with Gasteiger partial charge in [-0.15, -0.1) is 6.42 Å². The van der Waals surface area contributed by atoms with Gasteiger partial charge in [0.1, 0.15) is 5.76 Å². The van der Waals surface area contributed by atoms with Gasteiger partial charge in [0.05, 0.1) is 12.1 Å². The minimum absolute atomic E-state index is 0.0837. The van der Waals surface area contributed by atoms with Crippen molar-refractivity contribution in [3.8, 4) is 12.3 Å². The zero-order valence-corrected chi connectivity index (χ0v) is 14.6. The van der Waals surface area contributed by atoms with Crippen molar-refractivity contribution in [1.29, 1.82) is 0 Å². The second kappa shape index (κ2) is 6.10. The minimum Gasteiger partial charge on any atom is -0.455 e. The van der Waals surface area contributed by atoms with E-state index in [0.717, 1.165) is 13.1 Å². The Hall–Kier alpha value is -2.06. The molecule has 0 unspecified atom stereocenters. The van der Waals surface area contributed by atoms with Gasteiger partial charge in [-0.05, 0) is 12.3 Å². The molecule has 0 atom stereocenters. The van der Waals surface area contributed by atoms with Crippen molar-refractivity contribution in [3.63, 3.8) is 0 Å². The minimum atomic E-state index is -0.118. The number of hydrogen-bond donors (Lipinski definition) is 0. The SMILES string of the molecule is C#CCN1CCN(C(=O)c2oc3c(c2C)C(=O)CC(C)(C)C3)CC1. The molecule has 1 fully saturated rings. The first-order valence-electron chi connectivity index (χ1n) is 8.43. The summed E-state index contributed by atoms with van der Waals surface area (Å²) in [4.78, 5) is 29.2. The number of terminal acetylenes is 1. The smallest absolute Gasteiger partial charge is 0.289 e. The number of amides is 1. The Morgan fingerprint density at radius 2 is 1.92 bits per heavy atom. The third-order valence-corrected chi connectivity index (χ3v) is 4.95. The number of hydrogen-bond acceptors (Lipinski definition) is 4. The van der Waals surface area contributed by atoms with Crippen LogP contribution in [0.25, 0.3) is 0 Å². The van der Waals surface area contributed by atoms with Gasteiger partial charge in [0.2, 0.25) is 0 Å². The Labute approximate surface area is 143 Å². The molecule has 5 heteroatoms. The monoisotopic (exact) mass is 328 g/mol. The van der Waals surface area contributed by atoms with E-state index in [0.29, 0.717) is 55.1 Å². The fourth-order valence-corrected chi connectivity index (χ4v) is 3.67. The van der Waals surface area contributed by atoms with Gasteiger partial charge in [0.25, 0.3) is 5.91 Å². The molecule has 0 spiro atoms. The molecule has 0 bridgehead atoms. The molecular weight excluding hydrogens is 304 g/mol. The first-order chi connectivity index (χ1) is 11.3. The molecule has 0 aromatic carbocycles. The predicted molar refractivity (Wildman–Crippen MR) is 91.1 cm³/mol. The number of Topliss-reactive ketones (excluding diaryl/α,β-unsaturated/α-hetero) is 1. The fourth-order valence-electron chi connectivity index (χ4n) is 3.67. The highest BCUT2D eigenvalue weighted by atomic mass is 16.4. The van der Waals surface area contributed by atoms with E-state index in [1.54, 1.807) is 4.90 Å². The summed E-state index contributed by atoms with van der Waals surface area (Å²) >= 11 is 0. The van der Waals surface area contributed by atoms with Crippen LogP contribution in [0.15, 0.2) is 4.42 Å². The molecule has 2 heterocycles. The summed E-state index contributed by atoms with van der Waals surface area (Å²) in [5.74, 6) is 3.60. The average molecular weight is 328 g/mol. The lowest BCUT2D eigenvalue weighted by Crippen LogP contribution is -2.48. The summed E-state index contributed by atoms with van der Waals surface area (Å²) in [6, 6.07) is 0. The lowest BCUT2D eigenvalue weighted by atomic mass is 9.76. The number of furan rings is 1. The van der Waals surface area contributed by atoms with Crippen LogP contribution in [0.1, 0.15) is 52.5 Å². The molecule has 128 valence electrons. The number of fused-ring (bicyclic) bond motifs is 1. The third kappa shape index (κ3) is 2.99. The van der Waals surface area contributed by atoms with Crippen LogP contribution in [0.2, 0.25) is 0 Å². The van der Waals surface area contributed by atoms with Crippen molar-refractivity contribution >= 4 is 11.7 Å². The van der Waals surface area contributed by atoms with Gasteiger partial charge in [0.15, 0.2) is 11.5 Å². The number of piperazine rings is 1. The summed E-state index contributed by atoms with van der Waals surface area (Å²) < 4.78 is 5.87. The van der Waals surface area contributed by atoms with E-state index in [9.17, 15) is 9.59 Å². The Kier molecular flexibility index (Phi) is 4.27. The standard InChI is InChI=1S/C19H24N2O3/c1-5-6-20-7-9-21(10-8-20)18(23)17-13(2)16-14(22)11-19(3,4)12-15(16)24-17/h1H,6-12H2,2-4H3. The lowest BCUT2D eigenvalue weighted by molar-refractivity contribution is 0.0615. The molecule has 1 aliphatic carbocycles. The highest BCUT2D eigenvalue weighted by Crippen LogP contribution is 2.38. The van der Waals surface area contributed by atoms with Gasteiger partial charge in [-0.25, -0.2) is 0 Å². The maximum absolute atomic E-state index is 12.8. The van der Waals surface area contributed by atoms with Crippen molar-refractivity contribution in [2.24, 2.45) is 5.41 Å². The Morgan fingerprint density at radius 3 is 2.54 bits per heavy atom. The molecule has 0 saturated carbocycles. The number of carbonyl (C=O) groups is 2. The van der Waals surface area contributed by atoms with Gasteiger partial charge in [0, 0.05) is 44.6 Å². The van der Waals surface area contributed by atoms with Crippen molar-refractivity contribution in [2.45, 2.75) is 33.6 Å². The van der Waals surface area contributed by atoms with E-state index in [-0.39, 0.29) is 17.1 Å². The second-order valence-corrected chi connectivity index (χ2v) is 7.57. The quantitative estimate of drug-likeness (QED) is 0.781. The highest BCUT2D eigenvalue weighted by molar-refractivity contribution is 6.03. The van der Waals surface area contributed by atoms with Gasteiger partial charge in [-0.1, -0.05) is 19.8 Å². The summed E-state index contributed by atoms with van der Waals surface area (Å²) in [7, 11) is 0. The van der Waals surface area contributed by atoms with Crippen LogP contribution >= 0.6 is 0 Å². The molecule has 3 rings (SSSR count). The van der Waals surface area contributed by atoms with Crippen molar-refractivity contribution < 1.29 is 14.0 Å². The van der Waals surface area contributed by atoms with E-state index in [2.05, 4.69) is 24.7 Å². The van der Waals surface area contributed by atoms with E-state index < -0.39 is 0 Å². The first-order valence-corrected chi connectivity index (χ1v) is 8.43. The van der Waals surface area contributed by atoms with Gasteiger partial charge in [-0.2, -0.15) is 0 Å². The molecule has 1 aliphatic heterocycles. The zero-order valence-electron chi connectivity index (χ0n) is 14.6. The molecule has 0 radical (unpaired) electrons. The Balaban J connectivity index is 1.80. The normalized spacial score (nSPS) is 20.6. The number of rotatable bonds is 2. The van der Waals surface area contributed by atoms with Crippen molar-refractivity contribution in [2.75, 3.05) is 32.7 Å². The van der Waals surface area contributed by atoms with E-state index in [1.807, 2.05) is 6.92 Å². The van der Waals surface area contributed by atoms with E-state index in [4.69, 9.17) is 10.8 Å². The molecule has 1 aromatic rings. The molecule has 0 N–H and O–H groups in total. The predicted octanol–water partition coefficient (Wildman–Crippen LogP) is 2.13. The van der Waals surface area contributed by atoms with Crippen LogP contribution in [0.4, 0.5) is 0 Å². The number of ketones is 1. The van der Waals surface area contributed by atoms with Gasteiger partial charge < -0.3 is 9.32 Å². The zero-order chi connectivity index (χ0) is 17.5. The van der Waals surface area contributed by atoms with Crippen LogP contribution in [-0.4, -0.2) is 54.2 Å². The third-order valence-electron chi connectivity index (χ3n) is 4.95. The van der Waals surface area contributed by atoms with Crippen LogP contribution in [0.5, 0.6) is 0 Å². The molecule has 24 heavy (non-hydrogen) atoms. The fraction of sp³-hybridized carbons (Fsp3) is 0.579. The Bertz CT molecular complexity index is 716. The number of nitrogens with zero attached hydrogens (tertiary/aromatic N) is 2. The topological polar surface area (TPSA) is 53.8 Å². The van der Waals surface area contributed by atoms with Crippen LogP contribution in [0, 0.1) is 24.7 Å². The molecule has 2 aliphatic rings. The van der Waals surface area contributed by atoms with E-state index in [1.165, 1.54) is 0 Å². The molecular formula is C19H24N2O3. The second-order valence-electron chi connectivity index (χ2n) is 7.57. The molecule has 1 aromatic heterocycles. The van der Waals surface area contributed by atoms with Crippen molar-refractivity contribution in [1.82, 2.24) is 9.80 Å². The van der Waals surface area contributed by atoms with Crippen molar-refractivity contribution in [3.05, 3.63) is 22.6 Å². The van der Waals surface area contributed by atoms with E-state index >= 15 is 0 Å². The largest absolute Gasteiger partial charge is 0.455 e. The maximum atomic E-state index is 12.8. The average Bonchev–Trinajstić information content (AvgIpc) is 2.83. The number of carbonyl (C=O) groups excluding carboxylic acids is 2. The van der Waals surface area contributed by atoms with Crippen LogP contribution in [-0.2, 0) is 6.42 Å². The maximum Gasteiger partial charge on any atom is 0.289 e. The molecule has 1 saturated heterocycles. The summed E-state index contributed by atoms with van der Waals surface area (Å²) in [6.45, 7) is 9.33. The summed E-state index contributed by atoms with van der Waals surface area (Å²) in [5.41, 5.74) is 1.21. The Morgan fingerprint density at radius 1 is 1.25 bits per heavy atom.